The summed E-state index contributed by atoms with van der Waals surface area (Å²) in [7, 11) is 0. The van der Waals surface area contributed by atoms with E-state index in [-0.39, 0.29) is 12.6 Å². The van der Waals surface area contributed by atoms with Crippen LogP contribution in [0.15, 0.2) is 29.2 Å². The van der Waals surface area contributed by atoms with Crippen molar-refractivity contribution in [2.75, 3.05) is 13.1 Å². The molecule has 0 unspecified atom stereocenters. The highest BCUT2D eigenvalue weighted by molar-refractivity contribution is 7.08. The Labute approximate surface area is 125 Å². The third-order valence-corrected chi connectivity index (χ3v) is 3.76. The van der Waals surface area contributed by atoms with Gasteiger partial charge in [0, 0.05) is 36.4 Å². The molecule has 4 amide bonds. The van der Waals surface area contributed by atoms with Gasteiger partial charge in [-0.15, -0.1) is 0 Å². The SMILES string of the molecule is O=C1NCCN1C(=O)NCc1nccnc1-c1ccsc1. The first-order chi connectivity index (χ1) is 10.3. The molecule has 1 saturated heterocycles. The first-order valence-electron chi connectivity index (χ1n) is 6.41. The smallest absolute Gasteiger partial charge is 0.325 e. The zero-order chi connectivity index (χ0) is 14.7. The van der Waals surface area contributed by atoms with Gasteiger partial charge < -0.3 is 10.6 Å². The van der Waals surface area contributed by atoms with Crippen LogP contribution in [0.1, 0.15) is 5.69 Å². The van der Waals surface area contributed by atoms with Gasteiger partial charge in [-0.25, -0.2) is 14.5 Å². The lowest BCUT2D eigenvalue weighted by Crippen LogP contribution is -2.41. The molecule has 0 spiro atoms. The van der Waals surface area contributed by atoms with E-state index in [0.29, 0.717) is 18.8 Å². The quantitative estimate of drug-likeness (QED) is 0.898. The van der Waals surface area contributed by atoms with Crippen LogP contribution in [0.5, 0.6) is 0 Å². The molecule has 0 bridgehead atoms. The Morgan fingerprint density at radius 1 is 1.43 bits per heavy atom. The predicted octanol–water partition coefficient (Wildman–Crippen LogP) is 1.44. The van der Waals surface area contributed by atoms with Gasteiger partial charge in [0.05, 0.1) is 17.9 Å². The fraction of sp³-hybridized carbons (Fsp3) is 0.231. The number of nitrogens with one attached hydrogen (secondary N) is 2. The lowest BCUT2D eigenvalue weighted by Gasteiger charge is -2.14. The largest absolute Gasteiger partial charge is 0.336 e. The van der Waals surface area contributed by atoms with Crippen molar-refractivity contribution in [2.24, 2.45) is 0 Å². The molecule has 7 nitrogen and oxygen atoms in total. The van der Waals surface area contributed by atoms with E-state index in [0.717, 1.165) is 16.2 Å². The Morgan fingerprint density at radius 2 is 2.29 bits per heavy atom. The summed E-state index contributed by atoms with van der Waals surface area (Å²) in [5.74, 6) is 0. The van der Waals surface area contributed by atoms with Gasteiger partial charge in [-0.3, -0.25) is 9.97 Å². The molecule has 1 aliphatic rings. The number of thiophene rings is 1. The van der Waals surface area contributed by atoms with Gasteiger partial charge in [0.25, 0.3) is 0 Å². The van der Waals surface area contributed by atoms with E-state index in [4.69, 9.17) is 0 Å². The zero-order valence-electron chi connectivity index (χ0n) is 11.1. The van der Waals surface area contributed by atoms with E-state index in [9.17, 15) is 9.59 Å². The highest BCUT2D eigenvalue weighted by Gasteiger charge is 2.26. The molecule has 0 aliphatic carbocycles. The molecule has 2 N–H and O–H groups in total. The van der Waals surface area contributed by atoms with E-state index in [1.165, 1.54) is 0 Å². The number of aromatic nitrogens is 2. The number of hydrogen-bond donors (Lipinski definition) is 2. The summed E-state index contributed by atoms with van der Waals surface area (Å²) in [6.07, 6.45) is 3.20. The van der Waals surface area contributed by atoms with Gasteiger partial charge in [-0.05, 0) is 11.4 Å². The van der Waals surface area contributed by atoms with Crippen LogP contribution in [0.25, 0.3) is 11.3 Å². The number of urea groups is 2. The van der Waals surface area contributed by atoms with E-state index < -0.39 is 6.03 Å². The van der Waals surface area contributed by atoms with Gasteiger partial charge >= 0.3 is 12.1 Å². The molecule has 3 rings (SSSR count). The molecular formula is C13H13N5O2S. The average Bonchev–Trinajstić information content (AvgIpc) is 3.16. The summed E-state index contributed by atoms with van der Waals surface area (Å²) >= 11 is 1.57. The van der Waals surface area contributed by atoms with Gasteiger partial charge in [0.2, 0.25) is 0 Å². The van der Waals surface area contributed by atoms with Crippen LogP contribution in [-0.2, 0) is 6.54 Å². The van der Waals surface area contributed by atoms with Crippen LogP contribution in [0.4, 0.5) is 9.59 Å². The first kappa shape index (κ1) is 13.5. The van der Waals surface area contributed by atoms with Crippen molar-refractivity contribution in [3.63, 3.8) is 0 Å². The normalized spacial score (nSPS) is 14.1. The molecule has 1 fully saturated rings. The minimum absolute atomic E-state index is 0.224. The summed E-state index contributed by atoms with van der Waals surface area (Å²) in [5, 5.41) is 9.22. The highest BCUT2D eigenvalue weighted by Crippen LogP contribution is 2.22. The fourth-order valence-electron chi connectivity index (χ4n) is 2.06. The summed E-state index contributed by atoms with van der Waals surface area (Å²) < 4.78 is 0. The van der Waals surface area contributed by atoms with Gasteiger partial charge in [0.1, 0.15) is 0 Å². The van der Waals surface area contributed by atoms with Crippen LogP contribution in [-0.4, -0.2) is 40.0 Å². The topological polar surface area (TPSA) is 87.2 Å². The summed E-state index contributed by atoms with van der Waals surface area (Å²) in [5.41, 5.74) is 2.38. The van der Waals surface area contributed by atoms with E-state index in [1.807, 2.05) is 16.8 Å². The van der Waals surface area contributed by atoms with Crippen LogP contribution >= 0.6 is 11.3 Å². The number of carbonyl (C=O) groups is 2. The van der Waals surface area contributed by atoms with Crippen LogP contribution in [0.2, 0.25) is 0 Å². The van der Waals surface area contributed by atoms with Crippen molar-refractivity contribution in [1.29, 1.82) is 0 Å². The molecule has 0 saturated carbocycles. The first-order valence-corrected chi connectivity index (χ1v) is 7.35. The van der Waals surface area contributed by atoms with Crippen LogP contribution < -0.4 is 10.6 Å². The number of imide groups is 1. The monoisotopic (exact) mass is 303 g/mol. The standard InChI is InChI=1S/C13H13N5O2S/c19-12-16-4-5-18(12)13(20)17-7-10-11(15-3-2-14-10)9-1-6-21-8-9/h1-3,6,8H,4-5,7H2,(H,16,19)(H,17,20). The molecule has 0 atom stereocenters. The number of hydrogen-bond acceptors (Lipinski definition) is 5. The highest BCUT2D eigenvalue weighted by atomic mass is 32.1. The molecule has 2 aromatic rings. The Kier molecular flexibility index (Phi) is 3.78. The molecule has 21 heavy (non-hydrogen) atoms. The Bertz CT molecular complexity index is 658. The lowest BCUT2D eigenvalue weighted by atomic mass is 10.2. The summed E-state index contributed by atoms with van der Waals surface area (Å²) in [6, 6.07) is 1.16. The second-order valence-electron chi connectivity index (χ2n) is 4.41. The molecular weight excluding hydrogens is 290 g/mol. The van der Waals surface area contributed by atoms with Crippen molar-refractivity contribution in [1.82, 2.24) is 25.5 Å². The lowest BCUT2D eigenvalue weighted by molar-refractivity contribution is 0.198. The molecule has 0 aromatic carbocycles. The minimum atomic E-state index is -0.424. The summed E-state index contributed by atoms with van der Waals surface area (Å²) in [4.78, 5) is 33.1. The van der Waals surface area contributed by atoms with Crippen LogP contribution in [0, 0.1) is 0 Å². The molecule has 108 valence electrons. The van der Waals surface area contributed by atoms with Crippen molar-refractivity contribution < 1.29 is 9.59 Å². The van der Waals surface area contributed by atoms with Gasteiger partial charge in [0.15, 0.2) is 0 Å². The molecule has 2 aromatic heterocycles. The molecule has 1 aliphatic heterocycles. The molecule has 0 radical (unpaired) electrons. The second-order valence-corrected chi connectivity index (χ2v) is 5.19. The maximum atomic E-state index is 11.9. The van der Waals surface area contributed by atoms with Crippen molar-refractivity contribution in [3.8, 4) is 11.3 Å². The molecule has 3 heterocycles. The van der Waals surface area contributed by atoms with E-state index in [2.05, 4.69) is 20.6 Å². The Morgan fingerprint density at radius 3 is 3.00 bits per heavy atom. The Balaban J connectivity index is 1.71. The van der Waals surface area contributed by atoms with Gasteiger partial charge in [-0.1, -0.05) is 0 Å². The van der Waals surface area contributed by atoms with Gasteiger partial charge in [-0.2, -0.15) is 11.3 Å². The van der Waals surface area contributed by atoms with Crippen molar-refractivity contribution in [2.45, 2.75) is 6.54 Å². The maximum absolute atomic E-state index is 11.9. The number of amides is 4. The van der Waals surface area contributed by atoms with Crippen molar-refractivity contribution in [3.05, 3.63) is 34.9 Å². The number of carbonyl (C=O) groups excluding carboxylic acids is 2. The van der Waals surface area contributed by atoms with Crippen LogP contribution in [0.3, 0.4) is 0 Å². The number of rotatable bonds is 3. The Hall–Kier alpha value is -2.48. The summed E-state index contributed by atoms with van der Waals surface area (Å²) in [6.45, 7) is 1.09. The average molecular weight is 303 g/mol. The third-order valence-electron chi connectivity index (χ3n) is 3.08. The van der Waals surface area contributed by atoms with Crippen molar-refractivity contribution >= 4 is 23.4 Å². The third kappa shape index (κ3) is 2.84. The predicted molar refractivity (Wildman–Crippen MR) is 77.7 cm³/mol. The zero-order valence-corrected chi connectivity index (χ0v) is 11.9. The second kappa shape index (κ2) is 5.88. The number of nitrogens with zero attached hydrogens (tertiary/aromatic N) is 3. The van der Waals surface area contributed by atoms with E-state index >= 15 is 0 Å². The minimum Gasteiger partial charge on any atom is -0.336 e. The fourth-order valence-corrected chi connectivity index (χ4v) is 2.70. The molecule has 8 heteroatoms. The van der Waals surface area contributed by atoms with E-state index in [1.54, 1.807) is 23.7 Å². The maximum Gasteiger partial charge on any atom is 0.325 e.